The Morgan fingerprint density at radius 2 is 1.83 bits per heavy atom. The van der Waals surface area contributed by atoms with Crippen molar-refractivity contribution >= 4 is 12.1 Å². The third-order valence-electron chi connectivity index (χ3n) is 2.38. The highest BCUT2D eigenvalue weighted by molar-refractivity contribution is 5.93. The van der Waals surface area contributed by atoms with Gasteiger partial charge in [0.15, 0.2) is 0 Å². The van der Waals surface area contributed by atoms with E-state index < -0.39 is 6.09 Å². The molecule has 1 aromatic rings. The zero-order chi connectivity index (χ0) is 13.5. The van der Waals surface area contributed by atoms with Crippen LogP contribution in [0.2, 0.25) is 0 Å². The Hall–Kier alpha value is -2.04. The molecule has 0 unspecified atom stereocenters. The first-order valence-electron chi connectivity index (χ1n) is 5.64. The van der Waals surface area contributed by atoms with Crippen molar-refractivity contribution in [3.8, 4) is 0 Å². The minimum absolute atomic E-state index is 0.258. The molecule has 0 aromatic heterocycles. The lowest BCUT2D eigenvalue weighted by atomic mass is 10.2. The van der Waals surface area contributed by atoms with E-state index in [9.17, 15) is 4.79 Å². The molecule has 5 heteroatoms. The van der Waals surface area contributed by atoms with Crippen LogP contribution in [0.3, 0.4) is 0 Å². The number of amides is 1. The summed E-state index contributed by atoms with van der Waals surface area (Å²) in [6.07, 6.45) is -0.423. The highest BCUT2D eigenvalue weighted by atomic mass is 16.6. The topological polar surface area (TPSA) is 45.1 Å². The Morgan fingerprint density at radius 1 is 1.22 bits per heavy atom. The Bertz CT molecular complexity index is 416. The number of nitrogens with zero attached hydrogens (tertiary/aromatic N) is 3. The van der Waals surface area contributed by atoms with Crippen LogP contribution in [-0.4, -0.2) is 50.0 Å². The van der Waals surface area contributed by atoms with E-state index >= 15 is 0 Å². The van der Waals surface area contributed by atoms with Crippen molar-refractivity contribution in [3.05, 3.63) is 35.9 Å². The minimum Gasteiger partial charge on any atom is -0.444 e. The van der Waals surface area contributed by atoms with Gasteiger partial charge in [-0.25, -0.2) is 4.79 Å². The number of carbonyl (C=O) groups excluding carboxylic acids is 1. The van der Waals surface area contributed by atoms with E-state index in [2.05, 4.69) is 4.99 Å². The van der Waals surface area contributed by atoms with Gasteiger partial charge in [-0.3, -0.25) is 9.89 Å². The highest BCUT2D eigenvalue weighted by Crippen LogP contribution is 2.03. The van der Waals surface area contributed by atoms with Gasteiger partial charge in [0.25, 0.3) is 0 Å². The summed E-state index contributed by atoms with van der Waals surface area (Å²) >= 11 is 0. The largest absolute Gasteiger partial charge is 0.444 e. The van der Waals surface area contributed by atoms with Crippen molar-refractivity contribution in [3.63, 3.8) is 0 Å². The van der Waals surface area contributed by atoms with Crippen LogP contribution in [0, 0.1) is 0 Å². The van der Waals surface area contributed by atoms with Gasteiger partial charge < -0.3 is 9.64 Å². The van der Waals surface area contributed by atoms with Crippen LogP contribution in [0.1, 0.15) is 5.56 Å². The Kier molecular flexibility index (Phi) is 5.17. The molecule has 98 valence electrons. The monoisotopic (exact) mass is 249 g/mol. The first kappa shape index (κ1) is 14.0. The maximum Gasteiger partial charge on any atom is 0.416 e. The smallest absolute Gasteiger partial charge is 0.416 e. The normalized spacial score (nSPS) is 11.0. The molecule has 5 nitrogen and oxygen atoms in total. The van der Waals surface area contributed by atoms with E-state index in [4.69, 9.17) is 4.74 Å². The first-order valence-corrected chi connectivity index (χ1v) is 5.64. The molecule has 0 saturated carbocycles. The van der Waals surface area contributed by atoms with Gasteiger partial charge in [0.1, 0.15) is 6.61 Å². The van der Waals surface area contributed by atoms with Gasteiger partial charge in [0.2, 0.25) is 5.96 Å². The summed E-state index contributed by atoms with van der Waals surface area (Å²) < 4.78 is 5.20. The summed E-state index contributed by atoms with van der Waals surface area (Å²) in [7, 11) is 6.92. The highest BCUT2D eigenvalue weighted by Gasteiger charge is 2.17. The fourth-order valence-corrected chi connectivity index (χ4v) is 1.55. The van der Waals surface area contributed by atoms with Crippen molar-refractivity contribution in [2.75, 3.05) is 28.2 Å². The summed E-state index contributed by atoms with van der Waals surface area (Å²) in [6.45, 7) is 0.258. The van der Waals surface area contributed by atoms with Crippen molar-refractivity contribution in [2.45, 2.75) is 6.61 Å². The predicted molar refractivity (Wildman–Crippen MR) is 71.4 cm³/mol. The molecule has 0 N–H and O–H groups in total. The Balaban J connectivity index is 2.56. The van der Waals surface area contributed by atoms with Crippen molar-refractivity contribution in [1.29, 1.82) is 0 Å². The molecule has 1 rings (SSSR count). The summed E-state index contributed by atoms with van der Waals surface area (Å²) in [5.74, 6) is 0.549. The molecular weight excluding hydrogens is 230 g/mol. The number of benzene rings is 1. The zero-order valence-electron chi connectivity index (χ0n) is 11.3. The standard InChI is InChI=1S/C13H19N3O2/c1-14-12(15(2)3)16(4)13(17)18-10-11-8-6-5-7-9-11/h5-9H,10H2,1-4H3/b14-12+. The molecule has 0 aliphatic rings. The van der Waals surface area contributed by atoms with Gasteiger partial charge in [0, 0.05) is 28.2 Å². The van der Waals surface area contributed by atoms with Crippen LogP contribution in [0.15, 0.2) is 35.3 Å². The number of carbonyl (C=O) groups is 1. The number of ether oxygens (including phenoxy) is 1. The maximum atomic E-state index is 11.8. The lowest BCUT2D eigenvalue weighted by Gasteiger charge is -2.23. The lowest BCUT2D eigenvalue weighted by Crippen LogP contribution is -2.41. The molecule has 0 aliphatic carbocycles. The SMILES string of the molecule is C/N=C(\N(C)C)N(C)C(=O)OCc1ccccc1. The van der Waals surface area contributed by atoms with Crippen LogP contribution < -0.4 is 0 Å². The van der Waals surface area contributed by atoms with E-state index in [1.807, 2.05) is 44.4 Å². The van der Waals surface area contributed by atoms with Crippen LogP contribution in [0.5, 0.6) is 0 Å². The molecule has 0 aliphatic heterocycles. The van der Waals surface area contributed by atoms with E-state index in [0.717, 1.165) is 5.56 Å². The number of aliphatic imine (C=N–C) groups is 1. The number of guanidine groups is 1. The zero-order valence-corrected chi connectivity index (χ0v) is 11.3. The van der Waals surface area contributed by atoms with Gasteiger partial charge >= 0.3 is 6.09 Å². The third kappa shape index (κ3) is 3.76. The van der Waals surface area contributed by atoms with Gasteiger partial charge in [0.05, 0.1) is 0 Å². The molecule has 0 bridgehead atoms. The Labute approximate surface area is 108 Å². The molecule has 0 radical (unpaired) electrons. The summed E-state index contributed by atoms with van der Waals surface area (Å²) in [4.78, 5) is 19.0. The molecular formula is C13H19N3O2. The lowest BCUT2D eigenvalue weighted by molar-refractivity contribution is 0.119. The van der Waals surface area contributed by atoms with Crippen molar-refractivity contribution < 1.29 is 9.53 Å². The van der Waals surface area contributed by atoms with Crippen LogP contribution >= 0.6 is 0 Å². The molecule has 18 heavy (non-hydrogen) atoms. The first-order chi connectivity index (χ1) is 8.56. The average molecular weight is 249 g/mol. The van der Waals surface area contributed by atoms with Crippen LogP contribution in [-0.2, 0) is 11.3 Å². The molecule has 0 heterocycles. The molecule has 0 spiro atoms. The predicted octanol–water partition coefficient (Wildman–Crippen LogP) is 1.80. The van der Waals surface area contributed by atoms with E-state index in [1.54, 1.807) is 19.0 Å². The molecule has 0 atom stereocenters. The van der Waals surface area contributed by atoms with E-state index in [-0.39, 0.29) is 6.61 Å². The maximum absolute atomic E-state index is 11.8. The fourth-order valence-electron chi connectivity index (χ4n) is 1.55. The number of rotatable bonds is 2. The second-order valence-electron chi connectivity index (χ2n) is 4.02. The quantitative estimate of drug-likeness (QED) is 0.593. The average Bonchev–Trinajstić information content (AvgIpc) is 2.37. The third-order valence-corrected chi connectivity index (χ3v) is 2.38. The molecule has 0 saturated heterocycles. The van der Waals surface area contributed by atoms with Crippen molar-refractivity contribution in [1.82, 2.24) is 9.80 Å². The van der Waals surface area contributed by atoms with E-state index in [1.165, 1.54) is 4.90 Å². The molecule has 0 fully saturated rings. The van der Waals surface area contributed by atoms with Gasteiger partial charge in [-0.05, 0) is 5.56 Å². The second-order valence-corrected chi connectivity index (χ2v) is 4.02. The van der Waals surface area contributed by atoms with Crippen LogP contribution in [0.25, 0.3) is 0 Å². The second kappa shape index (κ2) is 6.64. The minimum atomic E-state index is -0.423. The number of hydrogen-bond acceptors (Lipinski definition) is 3. The van der Waals surface area contributed by atoms with Gasteiger partial charge in [-0.2, -0.15) is 0 Å². The fraction of sp³-hybridized carbons (Fsp3) is 0.385. The van der Waals surface area contributed by atoms with E-state index in [0.29, 0.717) is 5.96 Å². The van der Waals surface area contributed by atoms with Gasteiger partial charge in [-0.15, -0.1) is 0 Å². The van der Waals surface area contributed by atoms with Crippen molar-refractivity contribution in [2.24, 2.45) is 4.99 Å². The summed E-state index contributed by atoms with van der Waals surface area (Å²) in [5.41, 5.74) is 0.957. The molecule has 1 aromatic carbocycles. The van der Waals surface area contributed by atoms with Crippen LogP contribution in [0.4, 0.5) is 4.79 Å². The van der Waals surface area contributed by atoms with Gasteiger partial charge in [-0.1, -0.05) is 30.3 Å². The molecule has 1 amide bonds. The summed E-state index contributed by atoms with van der Waals surface area (Å²) in [6, 6.07) is 9.56. The Morgan fingerprint density at radius 3 is 2.33 bits per heavy atom. The number of hydrogen-bond donors (Lipinski definition) is 0. The summed E-state index contributed by atoms with van der Waals surface area (Å²) in [5, 5.41) is 0.